The van der Waals surface area contributed by atoms with Crippen LogP contribution in [0.3, 0.4) is 0 Å². The number of methoxy groups -OCH3 is 1. The highest BCUT2D eigenvalue weighted by Crippen LogP contribution is 2.28. The molecule has 1 atom stereocenters. The van der Waals surface area contributed by atoms with Crippen LogP contribution in [0, 0.1) is 0 Å². The SMILES string of the molecule is COC(=O)[C@H](COC(=O)c1ccc2c(c1)C(=O)c1ccccc1C2=O)NC(=O)CNC(=O)C(C)(C)NC(=O)CN. The lowest BCUT2D eigenvalue weighted by atomic mass is 9.83. The molecule has 0 bridgehead atoms. The van der Waals surface area contributed by atoms with E-state index in [9.17, 15) is 33.6 Å². The molecule has 3 amide bonds. The highest BCUT2D eigenvalue weighted by molar-refractivity contribution is 6.28. The van der Waals surface area contributed by atoms with Crippen molar-refractivity contribution < 1.29 is 43.0 Å². The molecule has 0 unspecified atom stereocenters. The van der Waals surface area contributed by atoms with Crippen LogP contribution in [0.15, 0.2) is 42.5 Å². The molecule has 1 aliphatic carbocycles. The summed E-state index contributed by atoms with van der Waals surface area (Å²) in [6, 6.07) is 8.82. The fourth-order valence-electron chi connectivity index (χ4n) is 3.86. The van der Waals surface area contributed by atoms with Crippen molar-refractivity contribution in [1.29, 1.82) is 0 Å². The van der Waals surface area contributed by atoms with E-state index < -0.39 is 60.2 Å². The van der Waals surface area contributed by atoms with Gasteiger partial charge in [-0.05, 0) is 32.0 Å². The van der Waals surface area contributed by atoms with Gasteiger partial charge < -0.3 is 31.2 Å². The smallest absolute Gasteiger partial charge is 0.338 e. The van der Waals surface area contributed by atoms with Gasteiger partial charge in [0.05, 0.1) is 25.8 Å². The molecule has 13 heteroatoms. The van der Waals surface area contributed by atoms with Crippen molar-refractivity contribution >= 4 is 41.2 Å². The normalized spacial score (nSPS) is 12.8. The fraction of sp³-hybridized carbons (Fsp3) is 0.296. The van der Waals surface area contributed by atoms with Gasteiger partial charge in [-0.2, -0.15) is 0 Å². The second-order valence-corrected chi connectivity index (χ2v) is 9.27. The molecule has 3 rings (SSSR count). The molecule has 2 aromatic carbocycles. The summed E-state index contributed by atoms with van der Waals surface area (Å²) in [6.45, 7) is 1.30. The number of rotatable bonds is 10. The number of amides is 3. The summed E-state index contributed by atoms with van der Waals surface area (Å²) in [5, 5.41) is 7.01. The van der Waals surface area contributed by atoms with E-state index in [1.165, 1.54) is 38.1 Å². The molecule has 40 heavy (non-hydrogen) atoms. The molecule has 210 valence electrons. The lowest BCUT2D eigenvalue weighted by Gasteiger charge is -2.25. The lowest BCUT2D eigenvalue weighted by molar-refractivity contribution is -0.146. The summed E-state index contributed by atoms with van der Waals surface area (Å²) < 4.78 is 9.82. The Morgan fingerprint density at radius 2 is 1.50 bits per heavy atom. The standard InChI is InChI=1S/C27H28N4O9/c1-27(2,31-20(32)11-28)26(38)29-12-21(33)30-19(25(37)39-3)13-40-24(36)14-8-9-17-18(10-14)23(35)16-7-5-4-6-15(16)22(17)34/h4-10,19H,11-13,28H2,1-3H3,(H,29,38)(H,30,33)(H,31,32)/t19-/m0/s1. The number of carbonyl (C=O) groups is 7. The number of fused-ring (bicyclic) bond motifs is 2. The molecule has 0 aliphatic heterocycles. The number of hydrogen-bond acceptors (Lipinski definition) is 10. The van der Waals surface area contributed by atoms with Crippen molar-refractivity contribution in [2.24, 2.45) is 5.73 Å². The van der Waals surface area contributed by atoms with Crippen molar-refractivity contribution in [1.82, 2.24) is 16.0 Å². The van der Waals surface area contributed by atoms with Gasteiger partial charge in [-0.3, -0.25) is 24.0 Å². The average molecular weight is 553 g/mol. The summed E-state index contributed by atoms with van der Waals surface area (Å²) >= 11 is 0. The number of benzene rings is 2. The minimum atomic E-state index is -1.42. The van der Waals surface area contributed by atoms with E-state index in [4.69, 9.17) is 10.5 Å². The van der Waals surface area contributed by atoms with E-state index in [0.29, 0.717) is 0 Å². The van der Waals surface area contributed by atoms with Crippen LogP contribution in [0.2, 0.25) is 0 Å². The molecule has 0 saturated heterocycles. The molecular formula is C27H28N4O9. The monoisotopic (exact) mass is 552 g/mol. The van der Waals surface area contributed by atoms with Crippen molar-refractivity contribution in [3.8, 4) is 0 Å². The quantitative estimate of drug-likeness (QED) is 0.232. The first-order valence-electron chi connectivity index (χ1n) is 12.1. The maximum Gasteiger partial charge on any atom is 0.338 e. The van der Waals surface area contributed by atoms with Crippen LogP contribution in [0.5, 0.6) is 0 Å². The van der Waals surface area contributed by atoms with Crippen LogP contribution in [-0.2, 0) is 28.7 Å². The molecule has 0 fully saturated rings. The van der Waals surface area contributed by atoms with Crippen molar-refractivity contribution in [2.75, 3.05) is 26.8 Å². The van der Waals surface area contributed by atoms with Gasteiger partial charge in [0.1, 0.15) is 12.1 Å². The highest BCUT2D eigenvalue weighted by atomic mass is 16.5. The highest BCUT2D eigenvalue weighted by Gasteiger charge is 2.32. The van der Waals surface area contributed by atoms with Crippen LogP contribution in [-0.4, -0.2) is 79.6 Å². The van der Waals surface area contributed by atoms with E-state index in [1.54, 1.807) is 18.2 Å². The maximum atomic E-state index is 12.9. The van der Waals surface area contributed by atoms with Gasteiger partial charge in [-0.15, -0.1) is 0 Å². The molecule has 5 N–H and O–H groups in total. The van der Waals surface area contributed by atoms with E-state index in [1.807, 2.05) is 0 Å². The van der Waals surface area contributed by atoms with Gasteiger partial charge in [0.2, 0.25) is 17.7 Å². The summed E-state index contributed by atoms with van der Waals surface area (Å²) in [6.07, 6.45) is 0. The second-order valence-electron chi connectivity index (χ2n) is 9.27. The number of hydrogen-bond donors (Lipinski definition) is 4. The van der Waals surface area contributed by atoms with Crippen LogP contribution in [0.1, 0.15) is 56.0 Å². The van der Waals surface area contributed by atoms with Crippen molar-refractivity contribution in [3.05, 3.63) is 70.3 Å². The number of ether oxygens (including phenoxy) is 2. The van der Waals surface area contributed by atoms with Gasteiger partial charge in [0.25, 0.3) is 0 Å². The predicted molar refractivity (Wildman–Crippen MR) is 138 cm³/mol. The van der Waals surface area contributed by atoms with E-state index in [2.05, 4.69) is 20.7 Å². The Balaban J connectivity index is 1.63. The minimum absolute atomic E-state index is 0.0392. The Labute approximate surface area is 228 Å². The third kappa shape index (κ3) is 6.56. The van der Waals surface area contributed by atoms with Crippen LogP contribution < -0.4 is 21.7 Å². The summed E-state index contributed by atoms with van der Waals surface area (Å²) in [4.78, 5) is 86.8. The predicted octanol–water partition coefficient (Wildman–Crippen LogP) is -0.754. The van der Waals surface area contributed by atoms with Gasteiger partial charge in [0.15, 0.2) is 17.6 Å². The summed E-state index contributed by atoms with van der Waals surface area (Å²) in [5.41, 5.74) is 4.49. The Morgan fingerprint density at radius 1 is 0.900 bits per heavy atom. The largest absolute Gasteiger partial charge is 0.467 e. The Hall–Kier alpha value is -4.91. The third-order valence-electron chi connectivity index (χ3n) is 5.98. The summed E-state index contributed by atoms with van der Waals surface area (Å²) in [5.74, 6) is -4.69. The average Bonchev–Trinajstić information content (AvgIpc) is 2.95. The summed E-state index contributed by atoms with van der Waals surface area (Å²) in [7, 11) is 1.07. The first-order valence-corrected chi connectivity index (χ1v) is 12.1. The molecular weight excluding hydrogens is 524 g/mol. The number of nitrogens with two attached hydrogens (primary N) is 1. The molecule has 2 aromatic rings. The van der Waals surface area contributed by atoms with Crippen molar-refractivity contribution in [2.45, 2.75) is 25.4 Å². The van der Waals surface area contributed by atoms with Gasteiger partial charge in [-0.1, -0.05) is 24.3 Å². The number of nitrogens with one attached hydrogen (secondary N) is 3. The van der Waals surface area contributed by atoms with E-state index in [-0.39, 0.29) is 40.1 Å². The van der Waals surface area contributed by atoms with Crippen molar-refractivity contribution in [3.63, 3.8) is 0 Å². The minimum Gasteiger partial charge on any atom is -0.467 e. The number of ketones is 2. The molecule has 0 radical (unpaired) electrons. The van der Waals surface area contributed by atoms with Crippen LogP contribution in [0.25, 0.3) is 0 Å². The molecule has 0 heterocycles. The van der Waals surface area contributed by atoms with E-state index >= 15 is 0 Å². The molecule has 0 aromatic heterocycles. The Bertz CT molecular complexity index is 1400. The topological polar surface area (TPSA) is 200 Å². The molecule has 13 nitrogen and oxygen atoms in total. The fourth-order valence-corrected chi connectivity index (χ4v) is 3.86. The zero-order chi connectivity index (χ0) is 29.6. The molecule has 0 saturated carbocycles. The third-order valence-corrected chi connectivity index (χ3v) is 5.98. The second kappa shape index (κ2) is 12.3. The first-order chi connectivity index (χ1) is 18.9. The maximum absolute atomic E-state index is 12.9. The van der Waals surface area contributed by atoms with Crippen LogP contribution in [0.4, 0.5) is 0 Å². The Kier molecular flexibility index (Phi) is 9.11. The Morgan fingerprint density at radius 3 is 2.10 bits per heavy atom. The van der Waals surface area contributed by atoms with Crippen LogP contribution >= 0.6 is 0 Å². The number of carbonyl (C=O) groups excluding carboxylic acids is 7. The van der Waals surface area contributed by atoms with Gasteiger partial charge in [0, 0.05) is 22.3 Å². The molecule has 0 spiro atoms. The zero-order valence-electron chi connectivity index (χ0n) is 22.0. The molecule has 1 aliphatic rings. The first kappa shape index (κ1) is 29.6. The number of esters is 2. The van der Waals surface area contributed by atoms with Gasteiger partial charge in [-0.25, -0.2) is 9.59 Å². The van der Waals surface area contributed by atoms with Gasteiger partial charge >= 0.3 is 11.9 Å². The zero-order valence-corrected chi connectivity index (χ0v) is 22.0. The van der Waals surface area contributed by atoms with E-state index in [0.717, 1.165) is 7.11 Å². The lowest BCUT2D eigenvalue weighted by Crippen LogP contribution is -2.57.